The van der Waals surface area contributed by atoms with Crippen LogP contribution in [0.15, 0.2) is 0 Å². The van der Waals surface area contributed by atoms with Crippen molar-refractivity contribution in [1.82, 2.24) is 15.5 Å². The van der Waals surface area contributed by atoms with Crippen LogP contribution in [0.3, 0.4) is 0 Å². The fraction of sp³-hybridized carbons (Fsp3) is 0.571. The van der Waals surface area contributed by atoms with Crippen LogP contribution in [-0.2, 0) is 11.2 Å². The number of amides is 1. The predicted molar refractivity (Wildman–Crippen MR) is 47.0 cm³/mol. The minimum atomic E-state index is -0.00348. The maximum absolute atomic E-state index is 10.5. The molecule has 1 N–H and O–H groups in total. The summed E-state index contributed by atoms with van der Waals surface area (Å²) in [5, 5.41) is 12.4. The molecule has 1 aromatic heterocycles. The SMILES string of the molecule is CC(=O)NCCc1nnc(C)s1. The number of carbonyl (C=O) groups is 1. The number of aryl methyl sites for hydroxylation is 1. The van der Waals surface area contributed by atoms with Gasteiger partial charge in [0.05, 0.1) is 0 Å². The molecule has 0 unspecified atom stereocenters. The van der Waals surface area contributed by atoms with Gasteiger partial charge in [0.1, 0.15) is 10.0 Å². The van der Waals surface area contributed by atoms with E-state index in [1.807, 2.05) is 6.92 Å². The highest BCUT2D eigenvalue weighted by Crippen LogP contribution is 2.07. The quantitative estimate of drug-likeness (QED) is 0.747. The molecular weight excluding hydrogens is 174 g/mol. The molecular formula is C7H11N3OS. The molecule has 0 atom stereocenters. The van der Waals surface area contributed by atoms with Gasteiger partial charge in [0.25, 0.3) is 0 Å². The van der Waals surface area contributed by atoms with E-state index in [2.05, 4.69) is 15.5 Å². The summed E-state index contributed by atoms with van der Waals surface area (Å²) in [6, 6.07) is 0. The third-order valence-electron chi connectivity index (χ3n) is 1.28. The van der Waals surface area contributed by atoms with Crippen LogP contribution in [0.2, 0.25) is 0 Å². The summed E-state index contributed by atoms with van der Waals surface area (Å²) >= 11 is 1.57. The lowest BCUT2D eigenvalue weighted by Crippen LogP contribution is -2.22. The number of hydrogen-bond acceptors (Lipinski definition) is 4. The van der Waals surface area contributed by atoms with Gasteiger partial charge >= 0.3 is 0 Å². The van der Waals surface area contributed by atoms with Gasteiger partial charge in [0, 0.05) is 19.9 Å². The first-order valence-corrected chi connectivity index (χ1v) is 4.53. The number of carbonyl (C=O) groups excluding carboxylic acids is 1. The second-order valence-electron chi connectivity index (χ2n) is 2.45. The van der Waals surface area contributed by atoms with Gasteiger partial charge in [-0.3, -0.25) is 4.79 Å². The molecule has 0 spiro atoms. The lowest BCUT2D eigenvalue weighted by Gasteiger charge is -1.96. The zero-order valence-corrected chi connectivity index (χ0v) is 7.94. The minimum absolute atomic E-state index is 0.00348. The Balaban J connectivity index is 2.29. The highest BCUT2D eigenvalue weighted by Gasteiger charge is 1.99. The van der Waals surface area contributed by atoms with Gasteiger partial charge in [0.15, 0.2) is 0 Å². The Morgan fingerprint density at radius 2 is 2.33 bits per heavy atom. The Morgan fingerprint density at radius 1 is 1.58 bits per heavy atom. The molecule has 1 amide bonds. The average molecular weight is 185 g/mol. The number of aromatic nitrogens is 2. The van der Waals surface area contributed by atoms with Crippen LogP contribution in [0.4, 0.5) is 0 Å². The maximum Gasteiger partial charge on any atom is 0.216 e. The van der Waals surface area contributed by atoms with Crippen LogP contribution in [0.1, 0.15) is 16.9 Å². The van der Waals surface area contributed by atoms with Gasteiger partial charge in [-0.1, -0.05) is 0 Å². The lowest BCUT2D eigenvalue weighted by atomic mass is 10.4. The molecule has 5 heteroatoms. The smallest absolute Gasteiger partial charge is 0.216 e. The summed E-state index contributed by atoms with van der Waals surface area (Å²) in [4.78, 5) is 10.5. The van der Waals surface area contributed by atoms with Crippen molar-refractivity contribution >= 4 is 17.2 Å². The summed E-state index contributed by atoms with van der Waals surface area (Å²) in [7, 11) is 0. The Morgan fingerprint density at radius 3 is 2.83 bits per heavy atom. The van der Waals surface area contributed by atoms with Crippen molar-refractivity contribution in [2.45, 2.75) is 20.3 Å². The zero-order chi connectivity index (χ0) is 8.97. The van der Waals surface area contributed by atoms with E-state index < -0.39 is 0 Å². The van der Waals surface area contributed by atoms with Crippen LogP contribution >= 0.6 is 11.3 Å². The largest absolute Gasteiger partial charge is 0.356 e. The molecule has 0 aliphatic heterocycles. The Hall–Kier alpha value is -0.970. The zero-order valence-electron chi connectivity index (χ0n) is 7.13. The number of nitrogens with one attached hydrogen (secondary N) is 1. The second kappa shape index (κ2) is 4.15. The normalized spacial score (nSPS) is 9.83. The molecule has 4 nitrogen and oxygen atoms in total. The average Bonchev–Trinajstić information content (AvgIpc) is 2.35. The summed E-state index contributed by atoms with van der Waals surface area (Å²) in [6.45, 7) is 4.06. The van der Waals surface area contributed by atoms with Gasteiger partial charge in [0.2, 0.25) is 5.91 Å². The van der Waals surface area contributed by atoms with E-state index in [-0.39, 0.29) is 5.91 Å². The van der Waals surface area contributed by atoms with Crippen LogP contribution < -0.4 is 5.32 Å². The topological polar surface area (TPSA) is 54.9 Å². The highest BCUT2D eigenvalue weighted by atomic mass is 32.1. The fourth-order valence-corrected chi connectivity index (χ4v) is 1.49. The Labute approximate surface area is 75.0 Å². The first kappa shape index (κ1) is 9.12. The van der Waals surface area contributed by atoms with Gasteiger partial charge < -0.3 is 5.32 Å². The first-order valence-electron chi connectivity index (χ1n) is 3.72. The molecule has 0 aromatic carbocycles. The van der Waals surface area contributed by atoms with E-state index in [1.54, 1.807) is 11.3 Å². The molecule has 0 aliphatic carbocycles. The van der Waals surface area contributed by atoms with Crippen LogP contribution in [-0.4, -0.2) is 22.6 Å². The van der Waals surface area contributed by atoms with Crippen LogP contribution in [0.5, 0.6) is 0 Å². The second-order valence-corrected chi connectivity index (χ2v) is 3.71. The molecule has 0 fully saturated rings. The summed E-state index contributed by atoms with van der Waals surface area (Å²) in [5.74, 6) is -0.00348. The molecule has 0 bridgehead atoms. The first-order chi connectivity index (χ1) is 5.68. The van der Waals surface area contributed by atoms with E-state index in [1.165, 1.54) is 6.92 Å². The van der Waals surface area contributed by atoms with Gasteiger partial charge in [-0.05, 0) is 6.92 Å². The van der Waals surface area contributed by atoms with E-state index in [9.17, 15) is 4.79 Å². The van der Waals surface area contributed by atoms with Crippen molar-refractivity contribution in [3.8, 4) is 0 Å². The molecule has 0 aliphatic rings. The fourth-order valence-electron chi connectivity index (χ4n) is 0.784. The van der Waals surface area contributed by atoms with Crippen LogP contribution in [0, 0.1) is 6.92 Å². The van der Waals surface area contributed by atoms with Crippen molar-refractivity contribution in [2.24, 2.45) is 0 Å². The lowest BCUT2D eigenvalue weighted by molar-refractivity contribution is -0.118. The molecule has 1 rings (SSSR count). The minimum Gasteiger partial charge on any atom is -0.356 e. The van der Waals surface area contributed by atoms with Crippen molar-refractivity contribution in [1.29, 1.82) is 0 Å². The molecule has 66 valence electrons. The Kier molecular flexibility index (Phi) is 3.16. The predicted octanol–water partition coefficient (Wildman–Crippen LogP) is 0.525. The van der Waals surface area contributed by atoms with Gasteiger partial charge in [-0.15, -0.1) is 21.5 Å². The monoisotopic (exact) mass is 185 g/mol. The summed E-state index contributed by atoms with van der Waals surface area (Å²) in [5.41, 5.74) is 0. The molecule has 12 heavy (non-hydrogen) atoms. The Bertz CT molecular complexity index is 271. The summed E-state index contributed by atoms with van der Waals surface area (Å²) < 4.78 is 0. The third kappa shape index (κ3) is 2.96. The number of nitrogens with zero attached hydrogens (tertiary/aromatic N) is 2. The van der Waals surface area contributed by atoms with Crippen molar-refractivity contribution in [3.05, 3.63) is 10.0 Å². The third-order valence-corrected chi connectivity index (χ3v) is 2.18. The van der Waals surface area contributed by atoms with E-state index in [4.69, 9.17) is 0 Å². The van der Waals surface area contributed by atoms with E-state index in [0.29, 0.717) is 6.54 Å². The number of rotatable bonds is 3. The van der Waals surface area contributed by atoms with E-state index in [0.717, 1.165) is 16.4 Å². The molecule has 0 radical (unpaired) electrons. The van der Waals surface area contributed by atoms with E-state index >= 15 is 0 Å². The van der Waals surface area contributed by atoms with Crippen molar-refractivity contribution in [2.75, 3.05) is 6.54 Å². The van der Waals surface area contributed by atoms with Gasteiger partial charge in [-0.2, -0.15) is 0 Å². The molecule has 1 heterocycles. The molecule has 0 saturated heterocycles. The highest BCUT2D eigenvalue weighted by molar-refractivity contribution is 7.11. The summed E-state index contributed by atoms with van der Waals surface area (Å²) in [6.07, 6.45) is 0.769. The van der Waals surface area contributed by atoms with Crippen LogP contribution in [0.25, 0.3) is 0 Å². The van der Waals surface area contributed by atoms with Crippen molar-refractivity contribution < 1.29 is 4.79 Å². The van der Waals surface area contributed by atoms with Crippen molar-refractivity contribution in [3.63, 3.8) is 0 Å². The number of hydrogen-bond donors (Lipinski definition) is 1. The maximum atomic E-state index is 10.5. The standard InChI is InChI=1S/C7H11N3OS/c1-5(11)8-4-3-7-10-9-6(2)12-7/h3-4H2,1-2H3,(H,8,11). The molecule has 1 aromatic rings. The van der Waals surface area contributed by atoms with Gasteiger partial charge in [-0.25, -0.2) is 0 Å². The molecule has 0 saturated carbocycles.